The Morgan fingerprint density at radius 3 is 2.55 bits per heavy atom. The second-order valence-corrected chi connectivity index (χ2v) is 10.9. The molecule has 2 aliphatic heterocycles. The van der Waals surface area contributed by atoms with E-state index in [9.17, 15) is 14.4 Å². The lowest BCUT2D eigenvalue weighted by Gasteiger charge is -2.23. The van der Waals surface area contributed by atoms with Crippen LogP contribution < -0.4 is 10.1 Å². The van der Waals surface area contributed by atoms with Crippen molar-refractivity contribution in [3.8, 4) is 17.0 Å². The summed E-state index contributed by atoms with van der Waals surface area (Å²) in [7, 11) is 1.28. The second-order valence-electron chi connectivity index (χ2n) is 10.1. The summed E-state index contributed by atoms with van der Waals surface area (Å²) >= 11 is 12.7. The van der Waals surface area contributed by atoms with Gasteiger partial charge in [-0.1, -0.05) is 58.7 Å². The predicted molar refractivity (Wildman–Crippen MR) is 156 cm³/mol. The van der Waals surface area contributed by atoms with E-state index in [1.54, 1.807) is 53.3 Å². The van der Waals surface area contributed by atoms with Crippen molar-refractivity contribution < 1.29 is 23.9 Å². The maximum Gasteiger partial charge on any atom is 0.328 e. The van der Waals surface area contributed by atoms with Gasteiger partial charge >= 0.3 is 5.97 Å². The third-order valence-electron chi connectivity index (χ3n) is 7.43. The van der Waals surface area contributed by atoms with Crippen LogP contribution in [0.1, 0.15) is 28.4 Å². The third kappa shape index (κ3) is 5.31. The lowest BCUT2D eigenvalue weighted by Crippen LogP contribution is -2.41. The molecule has 1 unspecified atom stereocenters. The summed E-state index contributed by atoms with van der Waals surface area (Å²) in [4.78, 5) is 40.8. The number of rotatable bonds is 6. The number of carbonyl (C=O) groups is 3. The molecule has 0 saturated carbocycles. The highest BCUT2D eigenvalue weighted by atomic mass is 35.5. The molecule has 1 aromatic heterocycles. The first-order valence-corrected chi connectivity index (χ1v) is 14.0. The number of benzene rings is 3. The number of hydrogen-bond donors (Lipinski definition) is 1. The summed E-state index contributed by atoms with van der Waals surface area (Å²) in [5, 5.41) is 12.2. The number of para-hydroxylation sites is 1. The van der Waals surface area contributed by atoms with E-state index in [-0.39, 0.29) is 30.8 Å². The van der Waals surface area contributed by atoms with Crippen LogP contribution in [0.5, 0.6) is 5.75 Å². The van der Waals surface area contributed by atoms with Crippen LogP contribution in [-0.2, 0) is 20.7 Å². The monoisotopic (exact) mass is 605 g/mol. The summed E-state index contributed by atoms with van der Waals surface area (Å²) in [6.45, 7) is 0.183. The Morgan fingerprint density at radius 2 is 1.79 bits per heavy atom. The van der Waals surface area contributed by atoms with Crippen LogP contribution in [0.2, 0.25) is 10.0 Å². The molecule has 1 saturated heterocycles. The standard InChI is InChI=1S/C30H25Cl2N5O5/c1-41-30(40)24-14-20(37-16-23(34-35-37)27-21(31)9-5-10-22(27)32)15-36(24)29(39)18-7-4-8-19(12-18)33-28(38)26-13-17-6-2-3-11-25(17)42-26/h2-12,16,20,24,26H,13-15H2,1H3,(H,33,38)/t20-,24-,26?/m0/s1. The lowest BCUT2D eigenvalue weighted by atomic mass is 10.1. The molecule has 1 fully saturated rings. The summed E-state index contributed by atoms with van der Waals surface area (Å²) in [5.41, 5.74) is 2.73. The van der Waals surface area contributed by atoms with Gasteiger partial charge in [0.1, 0.15) is 17.5 Å². The number of aromatic nitrogens is 3. The molecule has 0 bridgehead atoms. The zero-order chi connectivity index (χ0) is 29.4. The normalized spacial score (nSPS) is 19.2. The van der Waals surface area contributed by atoms with Gasteiger partial charge in [0.25, 0.3) is 11.8 Å². The molecule has 2 aliphatic rings. The summed E-state index contributed by atoms with van der Waals surface area (Å²) in [6, 6.07) is 18.0. The van der Waals surface area contributed by atoms with E-state index in [0.29, 0.717) is 44.7 Å². The Bertz CT molecular complexity index is 1650. The molecule has 214 valence electrons. The van der Waals surface area contributed by atoms with Gasteiger partial charge in [0.05, 0.1) is 29.4 Å². The fourth-order valence-corrected chi connectivity index (χ4v) is 5.94. The SMILES string of the molecule is COC(=O)[C@@H]1C[C@H](n2cc(-c3c(Cl)cccc3Cl)nn2)CN1C(=O)c1cccc(NC(=O)C2Cc3ccccc3O2)c1. The van der Waals surface area contributed by atoms with E-state index in [2.05, 4.69) is 15.6 Å². The minimum Gasteiger partial charge on any atom is -0.480 e. The second kappa shape index (κ2) is 11.5. The molecule has 12 heteroatoms. The van der Waals surface area contributed by atoms with Gasteiger partial charge in [-0.15, -0.1) is 5.10 Å². The minimum absolute atomic E-state index is 0.183. The quantitative estimate of drug-likeness (QED) is 0.313. The van der Waals surface area contributed by atoms with Crippen LogP contribution in [0.25, 0.3) is 11.3 Å². The van der Waals surface area contributed by atoms with E-state index >= 15 is 0 Å². The van der Waals surface area contributed by atoms with Crippen LogP contribution in [0.15, 0.2) is 72.9 Å². The fraction of sp³-hybridized carbons (Fsp3) is 0.233. The zero-order valence-corrected chi connectivity index (χ0v) is 23.9. The Kier molecular flexibility index (Phi) is 7.57. The molecular weight excluding hydrogens is 581 g/mol. The molecule has 1 N–H and O–H groups in total. The average molecular weight is 606 g/mol. The highest BCUT2D eigenvalue weighted by molar-refractivity contribution is 6.39. The first-order chi connectivity index (χ1) is 20.3. The maximum atomic E-state index is 13.7. The zero-order valence-electron chi connectivity index (χ0n) is 22.4. The molecule has 10 nitrogen and oxygen atoms in total. The van der Waals surface area contributed by atoms with Crippen LogP contribution in [0.4, 0.5) is 5.69 Å². The average Bonchev–Trinajstić information content (AvgIpc) is 3.75. The highest BCUT2D eigenvalue weighted by Gasteiger charge is 2.42. The Labute approximate surface area is 251 Å². The molecule has 3 atom stereocenters. The molecule has 4 aromatic rings. The molecule has 0 aliphatic carbocycles. The van der Waals surface area contributed by atoms with Crippen molar-refractivity contribution in [2.75, 3.05) is 19.0 Å². The van der Waals surface area contributed by atoms with Crippen LogP contribution in [0, 0.1) is 0 Å². The number of anilines is 1. The molecular formula is C30H25Cl2N5O5. The van der Waals surface area contributed by atoms with Gasteiger partial charge in [-0.25, -0.2) is 9.48 Å². The molecule has 0 spiro atoms. The lowest BCUT2D eigenvalue weighted by molar-refractivity contribution is -0.145. The van der Waals surface area contributed by atoms with Crippen LogP contribution >= 0.6 is 23.2 Å². The van der Waals surface area contributed by atoms with Crippen molar-refractivity contribution in [2.24, 2.45) is 0 Å². The predicted octanol–water partition coefficient (Wildman–Crippen LogP) is 4.82. The van der Waals surface area contributed by atoms with Gasteiger partial charge in [0, 0.05) is 36.2 Å². The van der Waals surface area contributed by atoms with Crippen molar-refractivity contribution in [3.05, 3.63) is 94.1 Å². The molecule has 2 amide bonds. The number of methoxy groups -OCH3 is 1. The van der Waals surface area contributed by atoms with Crippen molar-refractivity contribution in [1.29, 1.82) is 0 Å². The van der Waals surface area contributed by atoms with Crippen molar-refractivity contribution in [2.45, 2.75) is 31.0 Å². The number of fused-ring (bicyclic) bond motifs is 1. The Morgan fingerprint density at radius 1 is 1.02 bits per heavy atom. The van der Waals surface area contributed by atoms with Gasteiger partial charge in [-0.3, -0.25) is 9.59 Å². The fourth-order valence-electron chi connectivity index (χ4n) is 5.35. The number of nitrogens with one attached hydrogen (secondary N) is 1. The van der Waals surface area contributed by atoms with Crippen LogP contribution in [0.3, 0.4) is 0 Å². The molecule has 3 aromatic carbocycles. The molecule has 6 rings (SSSR count). The number of halogens is 2. The number of esters is 1. The first kappa shape index (κ1) is 27.7. The van der Waals surface area contributed by atoms with Crippen molar-refractivity contribution >= 4 is 46.7 Å². The Balaban J connectivity index is 1.19. The summed E-state index contributed by atoms with van der Waals surface area (Å²) in [5.74, 6) is -0.552. The van der Waals surface area contributed by atoms with E-state index in [1.165, 1.54) is 12.0 Å². The number of carbonyl (C=O) groups excluding carboxylic acids is 3. The van der Waals surface area contributed by atoms with Gasteiger partial charge in [-0.05, 0) is 42.0 Å². The van der Waals surface area contributed by atoms with Crippen LogP contribution in [-0.4, -0.2) is 63.5 Å². The largest absolute Gasteiger partial charge is 0.480 e. The van der Waals surface area contributed by atoms with Gasteiger partial charge < -0.3 is 19.7 Å². The number of hydrogen-bond acceptors (Lipinski definition) is 7. The minimum atomic E-state index is -0.840. The van der Waals surface area contributed by atoms with E-state index in [1.807, 2.05) is 24.3 Å². The van der Waals surface area contributed by atoms with Gasteiger partial charge in [0.2, 0.25) is 0 Å². The topological polar surface area (TPSA) is 116 Å². The number of amides is 2. The highest BCUT2D eigenvalue weighted by Crippen LogP contribution is 2.35. The molecule has 3 heterocycles. The van der Waals surface area contributed by atoms with Crippen molar-refractivity contribution in [1.82, 2.24) is 19.9 Å². The maximum absolute atomic E-state index is 13.7. The Hall–Kier alpha value is -4.41. The number of nitrogens with zero attached hydrogens (tertiary/aromatic N) is 4. The van der Waals surface area contributed by atoms with Crippen molar-refractivity contribution in [3.63, 3.8) is 0 Å². The smallest absolute Gasteiger partial charge is 0.328 e. The van der Waals surface area contributed by atoms with E-state index in [4.69, 9.17) is 32.7 Å². The van der Waals surface area contributed by atoms with E-state index in [0.717, 1.165) is 5.56 Å². The number of likely N-dealkylation sites (tertiary alicyclic amines) is 1. The van der Waals surface area contributed by atoms with E-state index < -0.39 is 18.1 Å². The summed E-state index contributed by atoms with van der Waals surface area (Å²) < 4.78 is 12.4. The summed E-state index contributed by atoms with van der Waals surface area (Å²) in [6.07, 6.45) is 1.76. The molecule has 42 heavy (non-hydrogen) atoms. The van der Waals surface area contributed by atoms with Gasteiger partial charge in [0.15, 0.2) is 6.10 Å². The molecule has 0 radical (unpaired) electrons. The first-order valence-electron chi connectivity index (χ1n) is 13.2. The number of ether oxygens (including phenoxy) is 2. The van der Waals surface area contributed by atoms with Gasteiger partial charge in [-0.2, -0.15) is 0 Å². The third-order valence-corrected chi connectivity index (χ3v) is 8.06.